The SMILES string of the molecule is COC(=O)c1c(-c2ccc(S(C)(=O)=O)cc2)ccn1S(N)(=O)=O. The topological polar surface area (TPSA) is 126 Å². The van der Waals surface area contributed by atoms with Crippen molar-refractivity contribution in [2.24, 2.45) is 5.14 Å². The van der Waals surface area contributed by atoms with Crippen LogP contribution in [0, 0.1) is 0 Å². The monoisotopic (exact) mass is 358 g/mol. The molecular weight excluding hydrogens is 344 g/mol. The Kier molecular flexibility index (Phi) is 4.33. The number of carbonyl (C=O) groups excluding carboxylic acids is 1. The Bertz CT molecular complexity index is 956. The third kappa shape index (κ3) is 3.44. The van der Waals surface area contributed by atoms with Crippen molar-refractivity contribution in [2.45, 2.75) is 4.90 Å². The maximum Gasteiger partial charge on any atom is 0.356 e. The molecule has 1 aromatic heterocycles. The first kappa shape index (κ1) is 17.2. The van der Waals surface area contributed by atoms with E-state index in [1.54, 1.807) is 0 Å². The molecule has 0 amide bonds. The number of methoxy groups -OCH3 is 1. The first-order valence-electron chi connectivity index (χ1n) is 6.19. The molecule has 2 rings (SSSR count). The van der Waals surface area contributed by atoms with Gasteiger partial charge in [0.25, 0.3) is 0 Å². The minimum absolute atomic E-state index is 0.103. The summed E-state index contributed by atoms with van der Waals surface area (Å²) in [5, 5.41) is 5.07. The van der Waals surface area contributed by atoms with E-state index in [0.29, 0.717) is 9.54 Å². The molecule has 0 spiro atoms. The third-order valence-electron chi connectivity index (χ3n) is 3.10. The molecule has 0 aliphatic rings. The lowest BCUT2D eigenvalue weighted by Gasteiger charge is -2.08. The first-order valence-corrected chi connectivity index (χ1v) is 9.58. The van der Waals surface area contributed by atoms with E-state index in [0.717, 1.165) is 19.6 Å². The number of nitrogens with two attached hydrogens (primary N) is 1. The van der Waals surface area contributed by atoms with Gasteiger partial charge in [-0.1, -0.05) is 12.1 Å². The highest BCUT2D eigenvalue weighted by molar-refractivity contribution is 7.90. The van der Waals surface area contributed by atoms with Gasteiger partial charge in [-0.25, -0.2) is 22.3 Å². The Labute approximate surface area is 133 Å². The Balaban J connectivity index is 2.65. The zero-order valence-corrected chi connectivity index (χ0v) is 13.9. The van der Waals surface area contributed by atoms with Gasteiger partial charge in [0.15, 0.2) is 15.5 Å². The molecule has 0 unspecified atom stereocenters. The first-order chi connectivity index (χ1) is 10.6. The highest BCUT2D eigenvalue weighted by Gasteiger charge is 2.24. The predicted molar refractivity (Wildman–Crippen MR) is 82.8 cm³/mol. The number of benzene rings is 1. The van der Waals surface area contributed by atoms with E-state index in [4.69, 9.17) is 5.14 Å². The van der Waals surface area contributed by atoms with Crippen molar-refractivity contribution < 1.29 is 26.4 Å². The van der Waals surface area contributed by atoms with Crippen LogP contribution in [0.2, 0.25) is 0 Å². The van der Waals surface area contributed by atoms with Crippen molar-refractivity contribution >= 4 is 26.0 Å². The van der Waals surface area contributed by atoms with Gasteiger partial charge >= 0.3 is 16.2 Å². The van der Waals surface area contributed by atoms with Crippen LogP contribution >= 0.6 is 0 Å². The normalized spacial score (nSPS) is 12.1. The number of sulfone groups is 1. The molecule has 0 atom stereocenters. The molecule has 0 saturated heterocycles. The van der Waals surface area contributed by atoms with E-state index < -0.39 is 26.0 Å². The van der Waals surface area contributed by atoms with E-state index in [2.05, 4.69) is 4.74 Å². The lowest BCUT2D eigenvalue weighted by Crippen LogP contribution is -2.25. The van der Waals surface area contributed by atoms with Crippen LogP contribution in [0.15, 0.2) is 41.4 Å². The summed E-state index contributed by atoms with van der Waals surface area (Å²) in [6.45, 7) is 0. The summed E-state index contributed by atoms with van der Waals surface area (Å²) in [6, 6.07) is 7.03. The number of hydrogen-bond donors (Lipinski definition) is 1. The van der Waals surface area contributed by atoms with Gasteiger partial charge in [-0.2, -0.15) is 8.42 Å². The lowest BCUT2D eigenvalue weighted by molar-refractivity contribution is 0.0593. The van der Waals surface area contributed by atoms with Gasteiger partial charge in [0.2, 0.25) is 0 Å². The van der Waals surface area contributed by atoms with E-state index in [1.807, 2.05) is 0 Å². The predicted octanol–water partition coefficient (Wildman–Crippen LogP) is 0.397. The molecule has 0 saturated carbocycles. The van der Waals surface area contributed by atoms with Crippen molar-refractivity contribution in [1.82, 2.24) is 3.97 Å². The second-order valence-electron chi connectivity index (χ2n) is 4.71. The third-order valence-corrected chi connectivity index (χ3v) is 5.08. The van der Waals surface area contributed by atoms with Crippen LogP contribution in [0.3, 0.4) is 0 Å². The van der Waals surface area contributed by atoms with Gasteiger partial charge in [0.1, 0.15) is 0 Å². The van der Waals surface area contributed by atoms with Crippen LogP contribution in [0.25, 0.3) is 11.1 Å². The Morgan fingerprint density at radius 2 is 1.65 bits per heavy atom. The van der Waals surface area contributed by atoms with Crippen molar-refractivity contribution in [3.05, 3.63) is 42.2 Å². The molecule has 1 heterocycles. The van der Waals surface area contributed by atoms with E-state index in [-0.39, 0.29) is 16.2 Å². The van der Waals surface area contributed by atoms with E-state index in [1.165, 1.54) is 30.3 Å². The molecule has 10 heteroatoms. The van der Waals surface area contributed by atoms with Crippen molar-refractivity contribution in [2.75, 3.05) is 13.4 Å². The zero-order valence-electron chi connectivity index (χ0n) is 12.3. The molecule has 2 aromatic rings. The summed E-state index contributed by atoms with van der Waals surface area (Å²) in [5.74, 6) is -0.883. The number of hydrogen-bond acceptors (Lipinski definition) is 6. The smallest absolute Gasteiger partial charge is 0.356 e. The number of carbonyl (C=O) groups is 1. The van der Waals surface area contributed by atoms with E-state index in [9.17, 15) is 21.6 Å². The standard InChI is InChI=1S/C13H14N2O6S2/c1-21-13(16)12-11(7-8-15(12)23(14,19)20)9-3-5-10(6-4-9)22(2,17)18/h3-8H,1-2H3,(H2,14,19,20). The van der Waals surface area contributed by atoms with Crippen LogP contribution in [-0.2, 0) is 24.8 Å². The van der Waals surface area contributed by atoms with Crippen molar-refractivity contribution in [3.8, 4) is 11.1 Å². The minimum Gasteiger partial charge on any atom is -0.464 e. The highest BCUT2D eigenvalue weighted by Crippen LogP contribution is 2.27. The van der Waals surface area contributed by atoms with Crippen LogP contribution in [-0.4, -0.2) is 40.1 Å². The molecule has 0 aliphatic carbocycles. The highest BCUT2D eigenvalue weighted by atomic mass is 32.2. The molecule has 0 fully saturated rings. The molecule has 1 aromatic carbocycles. The molecule has 2 N–H and O–H groups in total. The molecule has 23 heavy (non-hydrogen) atoms. The molecule has 0 aliphatic heterocycles. The van der Waals surface area contributed by atoms with Crippen molar-refractivity contribution in [3.63, 3.8) is 0 Å². The summed E-state index contributed by atoms with van der Waals surface area (Å²) >= 11 is 0. The molecule has 0 bridgehead atoms. The second-order valence-corrected chi connectivity index (χ2v) is 8.15. The van der Waals surface area contributed by atoms with Gasteiger partial charge in [-0.15, -0.1) is 0 Å². The molecule has 124 valence electrons. The van der Waals surface area contributed by atoms with Gasteiger partial charge < -0.3 is 4.74 Å². The van der Waals surface area contributed by atoms with Crippen LogP contribution in [0.1, 0.15) is 10.5 Å². The van der Waals surface area contributed by atoms with Crippen LogP contribution in [0.5, 0.6) is 0 Å². The molecular formula is C13H14N2O6S2. The summed E-state index contributed by atoms with van der Waals surface area (Å²) in [7, 11) is -6.44. The fraction of sp³-hybridized carbons (Fsp3) is 0.154. The Morgan fingerprint density at radius 3 is 2.09 bits per heavy atom. The fourth-order valence-corrected chi connectivity index (χ4v) is 3.33. The second kappa shape index (κ2) is 5.80. The van der Waals surface area contributed by atoms with Crippen LogP contribution < -0.4 is 5.14 Å². The summed E-state index contributed by atoms with van der Waals surface area (Å²) in [6.07, 6.45) is 2.20. The van der Waals surface area contributed by atoms with Crippen LogP contribution in [0.4, 0.5) is 0 Å². The minimum atomic E-state index is -4.19. The van der Waals surface area contributed by atoms with Gasteiger partial charge in [-0.05, 0) is 23.8 Å². The van der Waals surface area contributed by atoms with Gasteiger partial charge in [0.05, 0.1) is 12.0 Å². The largest absolute Gasteiger partial charge is 0.464 e. The number of nitrogens with zero attached hydrogens (tertiary/aromatic N) is 1. The zero-order chi connectivity index (χ0) is 17.4. The number of esters is 1. The molecule has 0 radical (unpaired) electrons. The maximum atomic E-state index is 11.9. The maximum absolute atomic E-state index is 11.9. The fourth-order valence-electron chi connectivity index (χ4n) is 2.04. The summed E-state index contributed by atoms with van der Waals surface area (Å²) in [4.78, 5) is 12.0. The van der Waals surface area contributed by atoms with Gasteiger partial charge in [0, 0.05) is 18.0 Å². The number of aromatic nitrogens is 1. The summed E-state index contributed by atoms with van der Waals surface area (Å²) < 4.78 is 51.2. The van der Waals surface area contributed by atoms with E-state index >= 15 is 0 Å². The quantitative estimate of drug-likeness (QED) is 0.788. The average Bonchev–Trinajstić information content (AvgIpc) is 2.90. The lowest BCUT2D eigenvalue weighted by atomic mass is 10.1. The number of ether oxygens (including phenoxy) is 1. The van der Waals surface area contributed by atoms with Gasteiger partial charge in [-0.3, -0.25) is 0 Å². The Hall–Kier alpha value is -2.17. The Morgan fingerprint density at radius 1 is 1.09 bits per heavy atom. The average molecular weight is 358 g/mol. The number of rotatable bonds is 4. The molecule has 8 nitrogen and oxygen atoms in total. The van der Waals surface area contributed by atoms with Crippen molar-refractivity contribution in [1.29, 1.82) is 0 Å². The summed E-state index contributed by atoms with van der Waals surface area (Å²) in [5.41, 5.74) is 0.438.